The fourth-order valence-electron chi connectivity index (χ4n) is 1.63. The number of anilines is 1. The number of aliphatic hydroxyl groups is 1. The maximum atomic E-state index is 11.6. The first-order chi connectivity index (χ1) is 9.65. The molecule has 0 aliphatic rings. The van der Waals surface area contributed by atoms with E-state index in [1.54, 1.807) is 13.0 Å². The summed E-state index contributed by atoms with van der Waals surface area (Å²) in [6.07, 6.45) is 1.43. The highest BCUT2D eigenvalue weighted by Crippen LogP contribution is 2.11. The van der Waals surface area contributed by atoms with Crippen LogP contribution in [-0.2, 0) is 16.0 Å². The summed E-state index contributed by atoms with van der Waals surface area (Å²) in [5, 5.41) is 13.8. The lowest BCUT2D eigenvalue weighted by Crippen LogP contribution is -2.34. The van der Waals surface area contributed by atoms with Crippen molar-refractivity contribution >= 4 is 17.7 Å². The lowest BCUT2D eigenvalue weighted by atomic mass is 10.1. The predicted octanol–water partition coefficient (Wildman–Crippen LogP) is 1.30. The van der Waals surface area contributed by atoms with Gasteiger partial charge in [-0.1, -0.05) is 12.1 Å². The summed E-state index contributed by atoms with van der Waals surface area (Å²) >= 11 is 0. The number of carbonyl (C=O) groups excluding carboxylic acids is 2. The van der Waals surface area contributed by atoms with Gasteiger partial charge in [0.2, 0.25) is 0 Å². The number of ether oxygens (including phenoxy) is 1. The van der Waals surface area contributed by atoms with Crippen LogP contribution in [0.5, 0.6) is 0 Å². The number of esters is 1. The van der Waals surface area contributed by atoms with E-state index >= 15 is 0 Å². The van der Waals surface area contributed by atoms with Gasteiger partial charge in [0.15, 0.2) is 0 Å². The van der Waals surface area contributed by atoms with Crippen molar-refractivity contribution in [2.24, 2.45) is 0 Å². The molecule has 0 aromatic heterocycles. The van der Waals surface area contributed by atoms with Crippen LogP contribution in [-0.4, -0.2) is 36.9 Å². The highest BCUT2D eigenvalue weighted by Gasteiger charge is 2.06. The van der Waals surface area contributed by atoms with Crippen LogP contribution >= 0.6 is 0 Å². The quantitative estimate of drug-likeness (QED) is 0.657. The monoisotopic (exact) mass is 280 g/mol. The summed E-state index contributed by atoms with van der Waals surface area (Å²) in [7, 11) is 0. The molecule has 1 aromatic rings. The summed E-state index contributed by atoms with van der Waals surface area (Å²) in [5.74, 6) is -0.473. The highest BCUT2D eigenvalue weighted by atomic mass is 16.5. The molecule has 0 aliphatic heterocycles. The van der Waals surface area contributed by atoms with Crippen molar-refractivity contribution in [1.29, 1.82) is 0 Å². The van der Waals surface area contributed by atoms with Crippen molar-refractivity contribution in [3.63, 3.8) is 0 Å². The molecule has 1 aromatic carbocycles. The second kappa shape index (κ2) is 8.92. The molecule has 20 heavy (non-hydrogen) atoms. The predicted molar refractivity (Wildman–Crippen MR) is 75.5 cm³/mol. The third-order valence-corrected chi connectivity index (χ3v) is 2.51. The molecular weight excluding hydrogens is 260 g/mol. The van der Waals surface area contributed by atoms with Gasteiger partial charge in [-0.15, -0.1) is 0 Å². The van der Waals surface area contributed by atoms with Gasteiger partial charge in [0.1, 0.15) is 6.54 Å². The molecule has 1 rings (SSSR count). The van der Waals surface area contributed by atoms with E-state index in [1.165, 1.54) is 0 Å². The van der Waals surface area contributed by atoms with Gasteiger partial charge >= 0.3 is 12.0 Å². The minimum atomic E-state index is -0.473. The third-order valence-electron chi connectivity index (χ3n) is 2.51. The van der Waals surface area contributed by atoms with Crippen molar-refractivity contribution in [3.05, 3.63) is 29.8 Å². The molecule has 0 unspecified atom stereocenters. The maximum Gasteiger partial charge on any atom is 0.325 e. The van der Waals surface area contributed by atoms with Crippen molar-refractivity contribution in [2.75, 3.05) is 25.1 Å². The van der Waals surface area contributed by atoms with Gasteiger partial charge in [-0.2, -0.15) is 0 Å². The molecule has 6 heteroatoms. The van der Waals surface area contributed by atoms with Crippen molar-refractivity contribution in [3.8, 4) is 0 Å². The molecule has 0 radical (unpaired) electrons. The van der Waals surface area contributed by atoms with Crippen LogP contribution in [0.3, 0.4) is 0 Å². The molecule has 0 heterocycles. The minimum absolute atomic E-state index is 0.137. The number of rotatable bonds is 7. The van der Waals surface area contributed by atoms with E-state index < -0.39 is 12.0 Å². The van der Waals surface area contributed by atoms with E-state index in [2.05, 4.69) is 10.6 Å². The number of nitrogens with one attached hydrogen (secondary N) is 2. The van der Waals surface area contributed by atoms with Crippen LogP contribution in [0.1, 0.15) is 18.9 Å². The molecule has 0 saturated carbocycles. The molecule has 6 nitrogen and oxygen atoms in total. The SMILES string of the molecule is CCOC(=O)CNC(=O)Nc1cccc(CCCO)c1. The zero-order valence-corrected chi connectivity index (χ0v) is 11.5. The van der Waals surface area contributed by atoms with E-state index in [1.807, 2.05) is 18.2 Å². The highest BCUT2D eigenvalue weighted by molar-refractivity contribution is 5.91. The van der Waals surface area contributed by atoms with E-state index in [-0.39, 0.29) is 19.8 Å². The van der Waals surface area contributed by atoms with Gasteiger partial charge in [0.25, 0.3) is 0 Å². The number of amides is 2. The number of hydrogen-bond donors (Lipinski definition) is 3. The van der Waals surface area contributed by atoms with Crippen LogP contribution in [0.4, 0.5) is 10.5 Å². The van der Waals surface area contributed by atoms with Crippen LogP contribution in [0.25, 0.3) is 0 Å². The summed E-state index contributed by atoms with van der Waals surface area (Å²) in [5.41, 5.74) is 1.67. The van der Waals surface area contributed by atoms with E-state index in [4.69, 9.17) is 9.84 Å². The average Bonchev–Trinajstić information content (AvgIpc) is 2.44. The van der Waals surface area contributed by atoms with Gasteiger partial charge < -0.3 is 20.5 Å². The average molecular weight is 280 g/mol. The Morgan fingerprint density at radius 2 is 2.15 bits per heavy atom. The molecule has 0 fully saturated rings. The largest absolute Gasteiger partial charge is 0.465 e. The van der Waals surface area contributed by atoms with E-state index in [0.717, 1.165) is 12.0 Å². The first-order valence-electron chi connectivity index (χ1n) is 6.56. The van der Waals surface area contributed by atoms with Gasteiger partial charge in [-0.05, 0) is 37.5 Å². The normalized spacial score (nSPS) is 9.90. The molecule has 2 amide bonds. The first-order valence-corrected chi connectivity index (χ1v) is 6.56. The molecule has 0 spiro atoms. The van der Waals surface area contributed by atoms with Crippen LogP contribution in [0.15, 0.2) is 24.3 Å². The summed E-state index contributed by atoms with van der Waals surface area (Å²) in [6.45, 7) is 1.96. The van der Waals surface area contributed by atoms with Gasteiger partial charge in [-0.25, -0.2) is 4.79 Å². The number of aryl methyl sites for hydroxylation is 1. The van der Waals surface area contributed by atoms with Gasteiger partial charge in [0, 0.05) is 12.3 Å². The minimum Gasteiger partial charge on any atom is -0.465 e. The summed E-state index contributed by atoms with van der Waals surface area (Å²) in [4.78, 5) is 22.7. The van der Waals surface area contributed by atoms with Crippen molar-refractivity contribution in [2.45, 2.75) is 19.8 Å². The Balaban J connectivity index is 2.43. The topological polar surface area (TPSA) is 87.7 Å². The second-order valence-electron chi connectivity index (χ2n) is 4.14. The van der Waals surface area contributed by atoms with Crippen LogP contribution in [0.2, 0.25) is 0 Å². The zero-order valence-electron chi connectivity index (χ0n) is 11.5. The molecule has 0 aliphatic carbocycles. The number of benzene rings is 1. The fraction of sp³-hybridized carbons (Fsp3) is 0.429. The number of carbonyl (C=O) groups is 2. The Bertz CT molecular complexity index is 449. The Hall–Kier alpha value is -2.08. The van der Waals surface area contributed by atoms with Crippen LogP contribution < -0.4 is 10.6 Å². The van der Waals surface area contributed by atoms with Crippen molar-refractivity contribution < 1.29 is 19.4 Å². The summed E-state index contributed by atoms with van der Waals surface area (Å²) in [6, 6.07) is 6.88. The fourth-order valence-corrected chi connectivity index (χ4v) is 1.63. The zero-order chi connectivity index (χ0) is 14.8. The Kier molecular flexibility index (Phi) is 7.13. The molecule has 110 valence electrons. The maximum absolute atomic E-state index is 11.6. The number of hydrogen-bond acceptors (Lipinski definition) is 4. The van der Waals surface area contributed by atoms with E-state index in [9.17, 15) is 9.59 Å². The molecule has 3 N–H and O–H groups in total. The number of aliphatic hydroxyl groups excluding tert-OH is 1. The van der Waals surface area contributed by atoms with Crippen LogP contribution in [0, 0.1) is 0 Å². The van der Waals surface area contributed by atoms with Crippen molar-refractivity contribution in [1.82, 2.24) is 5.32 Å². The third kappa shape index (κ3) is 6.19. The molecular formula is C14H20N2O4. The lowest BCUT2D eigenvalue weighted by molar-refractivity contribution is -0.141. The standard InChI is InChI=1S/C14H20N2O4/c1-2-20-13(18)10-15-14(19)16-12-7-3-5-11(9-12)6-4-8-17/h3,5,7,9,17H,2,4,6,8,10H2,1H3,(H2,15,16,19). The van der Waals surface area contributed by atoms with Gasteiger partial charge in [-0.3, -0.25) is 4.79 Å². The Labute approximate surface area is 118 Å². The lowest BCUT2D eigenvalue weighted by Gasteiger charge is -2.08. The summed E-state index contributed by atoms with van der Waals surface area (Å²) < 4.78 is 4.70. The smallest absolute Gasteiger partial charge is 0.325 e. The van der Waals surface area contributed by atoms with E-state index in [0.29, 0.717) is 12.1 Å². The molecule has 0 atom stereocenters. The Morgan fingerprint density at radius 1 is 1.35 bits per heavy atom. The van der Waals surface area contributed by atoms with Gasteiger partial charge in [0.05, 0.1) is 6.61 Å². The molecule has 0 bridgehead atoms. The first kappa shape index (κ1) is 16.0. The molecule has 0 saturated heterocycles. The second-order valence-corrected chi connectivity index (χ2v) is 4.14. The number of urea groups is 1. The Morgan fingerprint density at radius 3 is 2.85 bits per heavy atom.